The van der Waals surface area contributed by atoms with Crippen LogP contribution in [0.5, 0.6) is 5.75 Å². The maximum Gasteiger partial charge on any atom is 0.119 e. The van der Waals surface area contributed by atoms with E-state index in [1.807, 2.05) is 54.6 Å². The molecule has 0 heterocycles. The molecule has 1 N–H and O–H groups in total. The first kappa shape index (κ1) is 20.3. The van der Waals surface area contributed by atoms with E-state index in [1.165, 1.54) is 16.3 Å². The standard InChI is InChI=1S/C25H20Cl2N2O/c26-24-9-4-10-25(27)23(24)16-29-28-15-18-11-13-21(14-12-18)30-17-20-7-3-6-19-5-1-2-8-22(19)20/h1-15,29H,16-17H2/b28-15+. The summed E-state index contributed by atoms with van der Waals surface area (Å²) < 4.78 is 5.98. The van der Waals surface area contributed by atoms with Crippen LogP contribution in [-0.2, 0) is 13.2 Å². The Bertz CT molecular complexity index is 1150. The summed E-state index contributed by atoms with van der Waals surface area (Å²) in [5.74, 6) is 0.816. The predicted octanol–water partition coefficient (Wildman–Crippen LogP) is 6.85. The van der Waals surface area contributed by atoms with Gasteiger partial charge in [0.2, 0.25) is 0 Å². The molecule has 0 aromatic heterocycles. The molecule has 0 aliphatic rings. The van der Waals surface area contributed by atoms with Gasteiger partial charge in [-0.25, -0.2) is 0 Å². The molecular weight excluding hydrogens is 415 g/mol. The van der Waals surface area contributed by atoms with Gasteiger partial charge in [-0.05, 0) is 58.3 Å². The summed E-state index contributed by atoms with van der Waals surface area (Å²) in [5, 5.41) is 7.92. The van der Waals surface area contributed by atoms with Gasteiger partial charge in [-0.1, -0.05) is 71.7 Å². The minimum atomic E-state index is 0.460. The van der Waals surface area contributed by atoms with Crippen molar-refractivity contribution in [3.63, 3.8) is 0 Å². The lowest BCUT2D eigenvalue weighted by Crippen LogP contribution is -2.06. The Kier molecular flexibility index (Phi) is 6.53. The largest absolute Gasteiger partial charge is 0.489 e. The number of hydrogen-bond donors (Lipinski definition) is 1. The highest BCUT2D eigenvalue weighted by Crippen LogP contribution is 2.24. The van der Waals surface area contributed by atoms with Gasteiger partial charge in [0.1, 0.15) is 12.4 Å². The van der Waals surface area contributed by atoms with E-state index in [0.717, 1.165) is 16.9 Å². The lowest BCUT2D eigenvalue weighted by atomic mass is 10.1. The Labute approximate surface area is 185 Å². The van der Waals surface area contributed by atoms with Crippen molar-refractivity contribution in [2.75, 3.05) is 0 Å². The number of rotatable bonds is 7. The maximum atomic E-state index is 6.16. The fraction of sp³-hybridized carbons (Fsp3) is 0.0800. The first-order chi connectivity index (χ1) is 14.7. The van der Waals surface area contributed by atoms with E-state index in [4.69, 9.17) is 27.9 Å². The maximum absolute atomic E-state index is 6.16. The fourth-order valence-electron chi connectivity index (χ4n) is 3.18. The lowest BCUT2D eigenvalue weighted by molar-refractivity contribution is 0.307. The molecule has 0 fully saturated rings. The van der Waals surface area contributed by atoms with Gasteiger partial charge in [0.05, 0.1) is 12.8 Å². The number of halogens is 2. The van der Waals surface area contributed by atoms with Gasteiger partial charge < -0.3 is 10.2 Å². The van der Waals surface area contributed by atoms with Crippen LogP contribution in [0, 0.1) is 0 Å². The molecule has 0 radical (unpaired) electrons. The molecule has 0 spiro atoms. The summed E-state index contributed by atoms with van der Waals surface area (Å²) >= 11 is 12.3. The van der Waals surface area contributed by atoms with E-state index < -0.39 is 0 Å². The second-order valence-corrected chi connectivity index (χ2v) is 7.60. The molecule has 150 valence electrons. The molecule has 5 heteroatoms. The van der Waals surface area contributed by atoms with Crippen molar-refractivity contribution in [1.82, 2.24) is 5.43 Å². The third kappa shape index (κ3) is 4.93. The highest BCUT2D eigenvalue weighted by atomic mass is 35.5. The summed E-state index contributed by atoms with van der Waals surface area (Å²) in [6.07, 6.45) is 1.75. The zero-order valence-electron chi connectivity index (χ0n) is 16.2. The van der Waals surface area contributed by atoms with E-state index >= 15 is 0 Å². The molecule has 4 aromatic rings. The Morgan fingerprint density at radius 2 is 1.50 bits per heavy atom. The van der Waals surface area contributed by atoms with Crippen molar-refractivity contribution in [2.45, 2.75) is 13.2 Å². The van der Waals surface area contributed by atoms with Crippen molar-refractivity contribution in [3.05, 3.63) is 112 Å². The van der Waals surface area contributed by atoms with Crippen molar-refractivity contribution in [1.29, 1.82) is 0 Å². The van der Waals surface area contributed by atoms with E-state index in [1.54, 1.807) is 6.21 Å². The molecule has 4 rings (SSSR count). The van der Waals surface area contributed by atoms with Crippen molar-refractivity contribution in [3.8, 4) is 5.75 Å². The second kappa shape index (κ2) is 9.66. The molecule has 0 amide bonds. The molecule has 30 heavy (non-hydrogen) atoms. The summed E-state index contributed by atoms with van der Waals surface area (Å²) in [6.45, 7) is 0.982. The SMILES string of the molecule is Clc1cccc(Cl)c1CN/N=C/c1ccc(OCc2cccc3ccccc23)cc1. The number of fused-ring (bicyclic) bond motifs is 1. The Morgan fingerprint density at radius 3 is 2.30 bits per heavy atom. The van der Waals surface area contributed by atoms with Crippen LogP contribution in [0.15, 0.2) is 90.0 Å². The average molecular weight is 435 g/mol. The average Bonchev–Trinajstić information content (AvgIpc) is 2.77. The Morgan fingerprint density at radius 1 is 0.800 bits per heavy atom. The highest BCUT2D eigenvalue weighted by Gasteiger charge is 2.04. The summed E-state index contributed by atoms with van der Waals surface area (Å²) in [6, 6.07) is 27.9. The quantitative estimate of drug-likeness (QED) is 0.254. The highest BCUT2D eigenvalue weighted by molar-refractivity contribution is 6.35. The number of nitrogens with zero attached hydrogens (tertiary/aromatic N) is 1. The first-order valence-electron chi connectivity index (χ1n) is 9.59. The molecular formula is C25H20Cl2N2O. The molecule has 0 aliphatic carbocycles. The van der Waals surface area contributed by atoms with Crippen LogP contribution in [0.4, 0.5) is 0 Å². The minimum Gasteiger partial charge on any atom is -0.489 e. The van der Waals surface area contributed by atoms with Crippen LogP contribution >= 0.6 is 23.2 Å². The van der Waals surface area contributed by atoms with Crippen LogP contribution in [0.3, 0.4) is 0 Å². The second-order valence-electron chi connectivity index (χ2n) is 6.79. The van der Waals surface area contributed by atoms with Crippen molar-refractivity contribution >= 4 is 40.2 Å². The van der Waals surface area contributed by atoms with Gasteiger partial charge in [0, 0.05) is 15.6 Å². The van der Waals surface area contributed by atoms with Crippen LogP contribution in [0.2, 0.25) is 10.0 Å². The van der Waals surface area contributed by atoms with Gasteiger partial charge in [0.15, 0.2) is 0 Å². The molecule has 0 aliphatic heterocycles. The van der Waals surface area contributed by atoms with E-state index in [-0.39, 0.29) is 0 Å². The zero-order chi connectivity index (χ0) is 20.8. The number of benzene rings is 4. The molecule has 3 nitrogen and oxygen atoms in total. The van der Waals surface area contributed by atoms with Crippen molar-refractivity contribution < 1.29 is 4.74 Å². The summed E-state index contributed by atoms with van der Waals surface area (Å²) in [7, 11) is 0. The molecule has 0 atom stereocenters. The van der Waals surface area contributed by atoms with E-state index in [9.17, 15) is 0 Å². The number of hydrogen-bond acceptors (Lipinski definition) is 3. The van der Waals surface area contributed by atoms with Gasteiger partial charge in [-0.2, -0.15) is 5.10 Å². The first-order valence-corrected chi connectivity index (χ1v) is 10.3. The Hall–Kier alpha value is -3.01. The normalized spacial score (nSPS) is 11.1. The van der Waals surface area contributed by atoms with Crippen LogP contribution < -0.4 is 10.2 Å². The Balaban J connectivity index is 1.33. The minimum absolute atomic E-state index is 0.460. The number of ether oxygens (including phenoxy) is 1. The molecule has 0 saturated carbocycles. The molecule has 0 bridgehead atoms. The predicted molar refractivity (Wildman–Crippen MR) is 126 cm³/mol. The number of hydrazone groups is 1. The van der Waals surface area contributed by atoms with Crippen LogP contribution in [-0.4, -0.2) is 6.21 Å². The van der Waals surface area contributed by atoms with E-state index in [0.29, 0.717) is 23.2 Å². The monoisotopic (exact) mass is 434 g/mol. The smallest absolute Gasteiger partial charge is 0.119 e. The molecule has 0 saturated heterocycles. The topological polar surface area (TPSA) is 33.6 Å². The van der Waals surface area contributed by atoms with Crippen LogP contribution in [0.25, 0.3) is 10.8 Å². The van der Waals surface area contributed by atoms with Gasteiger partial charge in [0.25, 0.3) is 0 Å². The number of nitrogens with one attached hydrogen (secondary N) is 1. The third-order valence-electron chi connectivity index (χ3n) is 4.78. The summed E-state index contributed by atoms with van der Waals surface area (Å²) in [5.41, 5.74) is 5.94. The van der Waals surface area contributed by atoms with Crippen LogP contribution in [0.1, 0.15) is 16.7 Å². The van der Waals surface area contributed by atoms with Gasteiger partial charge in [-0.15, -0.1) is 0 Å². The van der Waals surface area contributed by atoms with E-state index in [2.05, 4.69) is 40.9 Å². The molecule has 0 unspecified atom stereocenters. The molecule has 4 aromatic carbocycles. The zero-order valence-corrected chi connectivity index (χ0v) is 17.7. The fourth-order valence-corrected chi connectivity index (χ4v) is 3.71. The third-order valence-corrected chi connectivity index (χ3v) is 5.49. The van der Waals surface area contributed by atoms with Gasteiger partial charge in [-0.3, -0.25) is 0 Å². The summed E-state index contributed by atoms with van der Waals surface area (Å²) in [4.78, 5) is 0. The van der Waals surface area contributed by atoms with Gasteiger partial charge >= 0.3 is 0 Å². The van der Waals surface area contributed by atoms with Crippen molar-refractivity contribution in [2.24, 2.45) is 5.10 Å². The lowest BCUT2D eigenvalue weighted by Gasteiger charge is -2.09.